The lowest BCUT2D eigenvalue weighted by atomic mass is 10.1. The maximum absolute atomic E-state index is 12.8. The average molecular weight is 381 g/mol. The first kappa shape index (κ1) is 19.3. The standard InChI is InChI=1S/C20H23N5O3/c1-13-9-14(2)11-16(10-13)28-8-7-24(4)20(27)17-12-21-25(15(17)3)18-5-6-19(26)23-22-18/h5-6,9-12H,7-8H2,1-4H3,(H,23,26). The third kappa shape index (κ3) is 4.28. The van der Waals surface area contributed by atoms with Gasteiger partial charge in [0.1, 0.15) is 12.4 Å². The Morgan fingerprint density at radius 3 is 2.54 bits per heavy atom. The second kappa shape index (κ2) is 8.08. The molecule has 0 spiro atoms. The van der Waals surface area contributed by atoms with Crippen LogP contribution >= 0.6 is 0 Å². The number of hydrogen-bond donors (Lipinski definition) is 1. The third-order valence-electron chi connectivity index (χ3n) is 4.36. The van der Waals surface area contributed by atoms with Gasteiger partial charge in [-0.1, -0.05) is 6.07 Å². The van der Waals surface area contributed by atoms with E-state index in [0.29, 0.717) is 30.2 Å². The van der Waals surface area contributed by atoms with E-state index in [0.717, 1.165) is 16.9 Å². The number of aryl methyl sites for hydroxylation is 2. The molecule has 1 N–H and O–H groups in total. The second-order valence-corrected chi connectivity index (χ2v) is 6.73. The summed E-state index contributed by atoms with van der Waals surface area (Å²) in [4.78, 5) is 25.5. The molecule has 0 saturated heterocycles. The van der Waals surface area contributed by atoms with Crippen LogP contribution in [0.4, 0.5) is 0 Å². The lowest BCUT2D eigenvalue weighted by Crippen LogP contribution is -2.31. The number of benzene rings is 1. The molecule has 28 heavy (non-hydrogen) atoms. The van der Waals surface area contributed by atoms with Crippen molar-refractivity contribution < 1.29 is 9.53 Å². The Kier molecular flexibility index (Phi) is 5.58. The number of likely N-dealkylation sites (N-methyl/N-ethyl adjacent to an activating group) is 1. The van der Waals surface area contributed by atoms with E-state index in [9.17, 15) is 9.59 Å². The normalized spacial score (nSPS) is 10.7. The van der Waals surface area contributed by atoms with Gasteiger partial charge in [0.2, 0.25) is 0 Å². The molecular weight excluding hydrogens is 358 g/mol. The Balaban J connectivity index is 1.65. The molecule has 0 aliphatic rings. The first-order valence-corrected chi connectivity index (χ1v) is 8.92. The van der Waals surface area contributed by atoms with E-state index >= 15 is 0 Å². The van der Waals surface area contributed by atoms with Gasteiger partial charge in [0.05, 0.1) is 24.0 Å². The van der Waals surface area contributed by atoms with Crippen molar-refractivity contribution in [2.45, 2.75) is 20.8 Å². The number of carbonyl (C=O) groups excluding carboxylic acids is 1. The van der Waals surface area contributed by atoms with Gasteiger partial charge < -0.3 is 9.64 Å². The predicted molar refractivity (Wildman–Crippen MR) is 105 cm³/mol. The van der Waals surface area contributed by atoms with Crippen LogP contribution in [-0.2, 0) is 0 Å². The van der Waals surface area contributed by atoms with Gasteiger partial charge in [-0.05, 0) is 50.1 Å². The van der Waals surface area contributed by atoms with Crippen LogP contribution in [0, 0.1) is 20.8 Å². The minimum absolute atomic E-state index is 0.155. The van der Waals surface area contributed by atoms with E-state index in [1.807, 2.05) is 26.0 Å². The van der Waals surface area contributed by atoms with Gasteiger partial charge in [-0.2, -0.15) is 10.2 Å². The highest BCUT2D eigenvalue weighted by Gasteiger charge is 2.19. The van der Waals surface area contributed by atoms with E-state index in [2.05, 4.69) is 21.4 Å². The number of hydrogen-bond acceptors (Lipinski definition) is 5. The maximum Gasteiger partial charge on any atom is 0.264 e. The van der Waals surface area contributed by atoms with Crippen molar-refractivity contribution in [3.63, 3.8) is 0 Å². The van der Waals surface area contributed by atoms with E-state index in [4.69, 9.17) is 4.74 Å². The van der Waals surface area contributed by atoms with Gasteiger partial charge in [-0.15, -0.1) is 0 Å². The van der Waals surface area contributed by atoms with Gasteiger partial charge in [0.15, 0.2) is 5.82 Å². The number of ether oxygens (including phenoxy) is 1. The molecule has 0 saturated carbocycles. The first-order chi connectivity index (χ1) is 13.3. The number of aromatic amines is 1. The number of amides is 1. The molecule has 3 aromatic rings. The quantitative estimate of drug-likeness (QED) is 0.705. The predicted octanol–water partition coefficient (Wildman–Crippen LogP) is 2.03. The van der Waals surface area contributed by atoms with Crippen molar-refractivity contribution in [2.24, 2.45) is 0 Å². The minimum Gasteiger partial charge on any atom is -0.492 e. The van der Waals surface area contributed by atoms with E-state index in [-0.39, 0.29) is 11.5 Å². The molecule has 0 radical (unpaired) electrons. The summed E-state index contributed by atoms with van der Waals surface area (Å²) < 4.78 is 7.30. The maximum atomic E-state index is 12.8. The summed E-state index contributed by atoms with van der Waals surface area (Å²) in [6.07, 6.45) is 1.51. The topological polar surface area (TPSA) is 93.1 Å². The number of nitrogens with one attached hydrogen (secondary N) is 1. The summed E-state index contributed by atoms with van der Waals surface area (Å²) in [6.45, 7) is 6.65. The van der Waals surface area contributed by atoms with Crippen LogP contribution in [0.5, 0.6) is 5.75 Å². The number of nitrogens with zero attached hydrogens (tertiary/aromatic N) is 4. The van der Waals surface area contributed by atoms with Crippen LogP contribution in [0.15, 0.2) is 41.3 Å². The Bertz CT molecular complexity index is 1010. The van der Waals surface area contributed by atoms with Crippen molar-refractivity contribution in [2.75, 3.05) is 20.2 Å². The minimum atomic E-state index is -0.298. The largest absolute Gasteiger partial charge is 0.492 e. The lowest BCUT2D eigenvalue weighted by molar-refractivity contribution is 0.0773. The Morgan fingerprint density at radius 1 is 1.18 bits per heavy atom. The fourth-order valence-corrected chi connectivity index (χ4v) is 2.93. The SMILES string of the molecule is Cc1cc(C)cc(OCCN(C)C(=O)c2cnn(-c3ccc(=O)[nH]n3)c2C)c1. The number of H-pyrrole nitrogens is 1. The van der Waals surface area contributed by atoms with Gasteiger partial charge in [-0.25, -0.2) is 9.78 Å². The van der Waals surface area contributed by atoms with Crippen LogP contribution in [-0.4, -0.2) is 51.0 Å². The van der Waals surface area contributed by atoms with Gasteiger partial charge in [0, 0.05) is 13.1 Å². The molecule has 2 heterocycles. The first-order valence-electron chi connectivity index (χ1n) is 8.92. The summed E-state index contributed by atoms with van der Waals surface area (Å²) in [5, 5.41) is 10.5. The van der Waals surface area contributed by atoms with Crippen molar-refractivity contribution >= 4 is 5.91 Å². The molecule has 0 fully saturated rings. The van der Waals surface area contributed by atoms with Crippen molar-refractivity contribution in [1.29, 1.82) is 0 Å². The molecule has 0 unspecified atom stereocenters. The second-order valence-electron chi connectivity index (χ2n) is 6.73. The fraction of sp³-hybridized carbons (Fsp3) is 0.300. The Labute approximate surface area is 162 Å². The van der Waals surface area contributed by atoms with Crippen LogP contribution in [0.2, 0.25) is 0 Å². The smallest absolute Gasteiger partial charge is 0.264 e. The van der Waals surface area contributed by atoms with E-state index < -0.39 is 0 Å². The molecular formula is C20H23N5O3. The van der Waals surface area contributed by atoms with Gasteiger partial charge >= 0.3 is 0 Å². The fourth-order valence-electron chi connectivity index (χ4n) is 2.93. The highest BCUT2D eigenvalue weighted by atomic mass is 16.5. The molecule has 0 aliphatic carbocycles. The van der Waals surface area contributed by atoms with Gasteiger partial charge in [0.25, 0.3) is 11.5 Å². The summed E-state index contributed by atoms with van der Waals surface area (Å²) in [7, 11) is 1.72. The summed E-state index contributed by atoms with van der Waals surface area (Å²) >= 11 is 0. The summed E-state index contributed by atoms with van der Waals surface area (Å²) in [5.74, 6) is 1.08. The van der Waals surface area contributed by atoms with Crippen LogP contribution < -0.4 is 10.3 Å². The van der Waals surface area contributed by atoms with Crippen LogP contribution in [0.3, 0.4) is 0 Å². The molecule has 1 aromatic carbocycles. The molecule has 3 rings (SSSR count). The molecule has 0 atom stereocenters. The number of carbonyl (C=O) groups is 1. The molecule has 0 aliphatic heterocycles. The van der Waals surface area contributed by atoms with Crippen molar-refractivity contribution in [3.8, 4) is 11.6 Å². The molecule has 0 bridgehead atoms. The third-order valence-corrected chi connectivity index (χ3v) is 4.36. The molecule has 8 heteroatoms. The zero-order valence-corrected chi connectivity index (χ0v) is 16.4. The van der Waals surface area contributed by atoms with E-state index in [1.165, 1.54) is 16.9 Å². The van der Waals surface area contributed by atoms with Crippen LogP contribution in [0.25, 0.3) is 5.82 Å². The summed E-state index contributed by atoms with van der Waals surface area (Å²) in [6, 6.07) is 8.94. The van der Waals surface area contributed by atoms with E-state index in [1.54, 1.807) is 24.9 Å². The monoisotopic (exact) mass is 381 g/mol. The number of rotatable bonds is 6. The van der Waals surface area contributed by atoms with Crippen molar-refractivity contribution in [1.82, 2.24) is 24.9 Å². The summed E-state index contributed by atoms with van der Waals surface area (Å²) in [5.41, 5.74) is 3.10. The molecule has 2 aromatic heterocycles. The number of aromatic nitrogens is 4. The Morgan fingerprint density at radius 2 is 1.89 bits per heavy atom. The van der Waals surface area contributed by atoms with Crippen molar-refractivity contribution in [3.05, 3.63) is 69.3 Å². The molecule has 1 amide bonds. The molecule has 8 nitrogen and oxygen atoms in total. The zero-order valence-electron chi connectivity index (χ0n) is 16.4. The lowest BCUT2D eigenvalue weighted by Gasteiger charge is -2.17. The highest BCUT2D eigenvalue weighted by molar-refractivity contribution is 5.95. The highest BCUT2D eigenvalue weighted by Crippen LogP contribution is 2.17. The average Bonchev–Trinajstić information content (AvgIpc) is 3.02. The zero-order chi connectivity index (χ0) is 20.3. The Hall–Kier alpha value is -3.42. The molecule has 146 valence electrons. The van der Waals surface area contributed by atoms with Gasteiger partial charge in [-0.3, -0.25) is 9.59 Å². The van der Waals surface area contributed by atoms with Crippen LogP contribution in [0.1, 0.15) is 27.2 Å².